The fraction of sp³-hybridized carbons (Fsp3) is 0.600. The van der Waals surface area contributed by atoms with Crippen molar-refractivity contribution in [3.8, 4) is 0 Å². The number of hydrogen-bond donors (Lipinski definition) is 1. The summed E-state index contributed by atoms with van der Waals surface area (Å²) in [6, 6.07) is 0. The number of sulfonamides is 1. The second kappa shape index (κ2) is 5.18. The van der Waals surface area contributed by atoms with E-state index < -0.39 is 10.0 Å². The Labute approximate surface area is 107 Å². The van der Waals surface area contributed by atoms with E-state index in [1.165, 1.54) is 12.4 Å². The molecule has 0 saturated carbocycles. The minimum absolute atomic E-state index is 0.0312. The predicted octanol–water partition coefficient (Wildman–Crippen LogP) is 2.31. The summed E-state index contributed by atoms with van der Waals surface area (Å²) >= 11 is 5.72. The number of anilines is 1. The van der Waals surface area contributed by atoms with Gasteiger partial charge in [0.2, 0.25) is 10.0 Å². The van der Waals surface area contributed by atoms with Crippen LogP contribution >= 0.6 is 11.6 Å². The van der Waals surface area contributed by atoms with E-state index in [1.54, 1.807) is 0 Å². The van der Waals surface area contributed by atoms with Gasteiger partial charge >= 0.3 is 0 Å². The summed E-state index contributed by atoms with van der Waals surface area (Å²) in [4.78, 5) is 7.57. The molecular weight excluding hydrogens is 262 g/mol. The lowest BCUT2D eigenvalue weighted by atomic mass is 9.94. The molecule has 0 spiro atoms. The fourth-order valence-corrected chi connectivity index (χ4v) is 2.66. The van der Waals surface area contributed by atoms with Crippen molar-refractivity contribution in [1.82, 2.24) is 9.97 Å². The van der Waals surface area contributed by atoms with Crippen molar-refractivity contribution >= 4 is 27.4 Å². The van der Waals surface area contributed by atoms with Crippen LogP contribution in [0.5, 0.6) is 0 Å². The monoisotopic (exact) mass is 277 g/mol. The van der Waals surface area contributed by atoms with Gasteiger partial charge in [-0.15, -0.1) is 0 Å². The van der Waals surface area contributed by atoms with Gasteiger partial charge in [-0.1, -0.05) is 32.4 Å². The van der Waals surface area contributed by atoms with Crippen LogP contribution in [0.1, 0.15) is 27.2 Å². The maximum absolute atomic E-state index is 11.8. The molecule has 0 saturated heterocycles. The topological polar surface area (TPSA) is 72.0 Å². The molecule has 1 aromatic rings. The fourth-order valence-electron chi connectivity index (χ4n) is 1.03. The summed E-state index contributed by atoms with van der Waals surface area (Å²) in [6.45, 7) is 5.95. The van der Waals surface area contributed by atoms with Crippen LogP contribution in [0.4, 0.5) is 5.82 Å². The molecule has 0 aliphatic carbocycles. The molecule has 0 aromatic carbocycles. The number of nitrogens with one attached hydrogen (secondary N) is 1. The van der Waals surface area contributed by atoms with Crippen molar-refractivity contribution in [3.05, 3.63) is 17.5 Å². The SMILES string of the molecule is CC(C)(C)CCS(=O)(=O)Nc1nccnc1Cl. The van der Waals surface area contributed by atoms with Gasteiger partial charge in [-0.25, -0.2) is 18.4 Å². The van der Waals surface area contributed by atoms with Gasteiger partial charge in [-0.3, -0.25) is 4.72 Å². The molecular formula is C10H16ClN3O2S. The number of rotatable bonds is 4. The second-order valence-corrected chi connectivity index (χ2v) is 7.13. The van der Waals surface area contributed by atoms with E-state index in [0.29, 0.717) is 6.42 Å². The molecule has 1 N–H and O–H groups in total. The normalized spacial score (nSPS) is 12.5. The van der Waals surface area contributed by atoms with E-state index in [1.807, 2.05) is 20.8 Å². The highest BCUT2D eigenvalue weighted by Crippen LogP contribution is 2.21. The largest absolute Gasteiger partial charge is 0.265 e. The number of halogens is 1. The first-order valence-corrected chi connectivity index (χ1v) is 7.20. The Morgan fingerprint density at radius 1 is 1.29 bits per heavy atom. The van der Waals surface area contributed by atoms with Crippen LogP contribution in [-0.4, -0.2) is 24.1 Å². The van der Waals surface area contributed by atoms with Crippen LogP contribution in [0.3, 0.4) is 0 Å². The van der Waals surface area contributed by atoms with Gasteiger partial charge in [-0.05, 0) is 11.8 Å². The molecule has 1 heterocycles. The molecule has 0 aliphatic heterocycles. The van der Waals surface area contributed by atoms with E-state index >= 15 is 0 Å². The molecule has 1 rings (SSSR count). The molecule has 0 radical (unpaired) electrons. The molecule has 0 atom stereocenters. The lowest BCUT2D eigenvalue weighted by molar-refractivity contribution is 0.397. The summed E-state index contributed by atoms with van der Waals surface area (Å²) in [5.74, 6) is 0.103. The number of nitrogens with zero attached hydrogens (tertiary/aromatic N) is 2. The number of hydrogen-bond acceptors (Lipinski definition) is 4. The lowest BCUT2D eigenvalue weighted by Crippen LogP contribution is -2.21. The molecule has 96 valence electrons. The van der Waals surface area contributed by atoms with Gasteiger partial charge in [0.15, 0.2) is 11.0 Å². The summed E-state index contributed by atoms with van der Waals surface area (Å²) in [7, 11) is -3.43. The van der Waals surface area contributed by atoms with Crippen molar-refractivity contribution in [1.29, 1.82) is 0 Å². The minimum atomic E-state index is -3.43. The van der Waals surface area contributed by atoms with Crippen molar-refractivity contribution in [2.45, 2.75) is 27.2 Å². The van der Waals surface area contributed by atoms with Crippen LogP contribution < -0.4 is 4.72 Å². The van der Waals surface area contributed by atoms with Crippen LogP contribution in [0.15, 0.2) is 12.4 Å². The minimum Gasteiger partial charge on any atom is -0.265 e. The van der Waals surface area contributed by atoms with E-state index in [4.69, 9.17) is 11.6 Å². The Morgan fingerprint density at radius 3 is 2.41 bits per heavy atom. The molecule has 7 heteroatoms. The maximum atomic E-state index is 11.8. The molecule has 0 amide bonds. The quantitative estimate of drug-likeness (QED) is 0.917. The molecule has 0 aliphatic rings. The Kier molecular flexibility index (Phi) is 4.32. The number of aromatic nitrogens is 2. The third-order valence-electron chi connectivity index (χ3n) is 2.03. The first kappa shape index (κ1) is 14.2. The average Bonchev–Trinajstić information content (AvgIpc) is 2.18. The predicted molar refractivity (Wildman–Crippen MR) is 68.5 cm³/mol. The zero-order chi connectivity index (χ0) is 13.1. The van der Waals surface area contributed by atoms with Gasteiger partial charge < -0.3 is 0 Å². The summed E-state index contributed by atoms with van der Waals surface area (Å²) in [6.07, 6.45) is 3.34. The van der Waals surface area contributed by atoms with Crippen LogP contribution in [0.2, 0.25) is 5.15 Å². The standard InChI is InChI=1S/C10H16ClN3O2S/c1-10(2,3)4-7-17(15,16)14-9-8(11)12-5-6-13-9/h5-6H,4,7H2,1-3H3,(H,13,14). The Morgan fingerprint density at radius 2 is 1.88 bits per heavy atom. The molecule has 0 fully saturated rings. The van der Waals surface area contributed by atoms with E-state index in [-0.39, 0.29) is 22.1 Å². The van der Waals surface area contributed by atoms with Gasteiger partial charge in [0.25, 0.3) is 0 Å². The van der Waals surface area contributed by atoms with Crippen molar-refractivity contribution < 1.29 is 8.42 Å². The highest BCUT2D eigenvalue weighted by atomic mass is 35.5. The van der Waals surface area contributed by atoms with Gasteiger partial charge in [0, 0.05) is 12.4 Å². The molecule has 17 heavy (non-hydrogen) atoms. The van der Waals surface area contributed by atoms with Crippen molar-refractivity contribution in [2.24, 2.45) is 5.41 Å². The summed E-state index contributed by atoms with van der Waals surface area (Å²) in [5.41, 5.74) is -0.0408. The highest BCUT2D eigenvalue weighted by Gasteiger charge is 2.18. The van der Waals surface area contributed by atoms with Crippen molar-refractivity contribution in [3.63, 3.8) is 0 Å². The lowest BCUT2D eigenvalue weighted by Gasteiger charge is -2.18. The zero-order valence-electron chi connectivity index (χ0n) is 10.1. The smallest absolute Gasteiger partial charge is 0.233 e. The van der Waals surface area contributed by atoms with E-state index in [9.17, 15) is 8.42 Å². The van der Waals surface area contributed by atoms with Gasteiger partial charge in [0.1, 0.15) is 0 Å². The van der Waals surface area contributed by atoms with Gasteiger partial charge in [0.05, 0.1) is 5.75 Å². The third kappa shape index (κ3) is 5.32. The maximum Gasteiger partial charge on any atom is 0.233 e. The summed E-state index contributed by atoms with van der Waals surface area (Å²) in [5, 5.41) is 0.0480. The van der Waals surface area contributed by atoms with E-state index in [0.717, 1.165) is 0 Å². The van der Waals surface area contributed by atoms with Gasteiger partial charge in [-0.2, -0.15) is 0 Å². The average molecular weight is 278 g/mol. The highest BCUT2D eigenvalue weighted by molar-refractivity contribution is 7.92. The molecule has 1 aromatic heterocycles. The van der Waals surface area contributed by atoms with Crippen LogP contribution in [0, 0.1) is 5.41 Å². The van der Waals surface area contributed by atoms with Crippen LogP contribution in [0.25, 0.3) is 0 Å². The zero-order valence-corrected chi connectivity index (χ0v) is 11.6. The first-order chi connectivity index (χ1) is 7.70. The Bertz CT molecular complexity index is 483. The molecule has 0 unspecified atom stereocenters. The first-order valence-electron chi connectivity index (χ1n) is 5.17. The molecule has 0 bridgehead atoms. The van der Waals surface area contributed by atoms with Crippen LogP contribution in [-0.2, 0) is 10.0 Å². The van der Waals surface area contributed by atoms with Crippen molar-refractivity contribution in [2.75, 3.05) is 10.5 Å². The molecule has 5 nitrogen and oxygen atoms in total. The Balaban J connectivity index is 2.71. The second-order valence-electron chi connectivity index (χ2n) is 4.93. The Hall–Kier alpha value is -0.880. The van der Waals surface area contributed by atoms with E-state index in [2.05, 4.69) is 14.7 Å². The summed E-state index contributed by atoms with van der Waals surface area (Å²) < 4.78 is 25.8. The third-order valence-corrected chi connectivity index (χ3v) is 3.55.